The van der Waals surface area contributed by atoms with E-state index in [0.29, 0.717) is 12.0 Å². The zero-order chi connectivity index (χ0) is 19.8. The highest BCUT2D eigenvalue weighted by Crippen LogP contribution is 2.12. The Morgan fingerprint density at radius 1 is 0.857 bits per heavy atom. The van der Waals surface area contributed by atoms with Gasteiger partial charge < -0.3 is 10.6 Å². The molecule has 3 rings (SSSR count). The Morgan fingerprint density at radius 2 is 1.46 bits per heavy atom. The fourth-order valence-corrected chi connectivity index (χ4v) is 2.94. The molecule has 1 aromatic heterocycles. The van der Waals surface area contributed by atoms with Crippen molar-refractivity contribution in [1.82, 2.24) is 15.6 Å². The van der Waals surface area contributed by atoms with Crippen molar-refractivity contribution in [2.24, 2.45) is 0 Å². The fourth-order valence-electron chi connectivity index (χ4n) is 2.94. The van der Waals surface area contributed by atoms with Crippen LogP contribution in [0.1, 0.15) is 34.5 Å². The maximum absolute atomic E-state index is 13.0. The summed E-state index contributed by atoms with van der Waals surface area (Å²) in [5, 5.41) is 5.87. The topological polar surface area (TPSA) is 71.1 Å². The van der Waals surface area contributed by atoms with Gasteiger partial charge in [-0.1, -0.05) is 48.5 Å². The molecule has 3 aromatic rings. The number of carbonyl (C=O) groups excluding carboxylic acids is 2. The number of nitrogens with one attached hydrogen (secondary N) is 2. The van der Waals surface area contributed by atoms with Crippen molar-refractivity contribution >= 4 is 11.8 Å². The molecular formula is C23H23N3O2. The maximum atomic E-state index is 13.0. The number of aromatic nitrogens is 1. The molecule has 0 bridgehead atoms. The number of carbonyl (C=O) groups is 2. The van der Waals surface area contributed by atoms with Crippen molar-refractivity contribution in [3.05, 3.63) is 102 Å². The lowest BCUT2D eigenvalue weighted by atomic mass is 10.0. The number of nitrogens with zero attached hydrogens (tertiary/aromatic N) is 1. The molecule has 142 valence electrons. The van der Waals surface area contributed by atoms with Crippen LogP contribution in [0.2, 0.25) is 0 Å². The third kappa shape index (κ3) is 5.27. The summed E-state index contributed by atoms with van der Waals surface area (Å²) in [4.78, 5) is 29.6. The van der Waals surface area contributed by atoms with E-state index in [4.69, 9.17) is 0 Å². The molecule has 2 aromatic carbocycles. The van der Waals surface area contributed by atoms with Crippen LogP contribution in [0.15, 0.2) is 85.2 Å². The Kier molecular flexibility index (Phi) is 6.52. The number of hydrogen-bond acceptors (Lipinski definition) is 3. The Labute approximate surface area is 164 Å². The molecule has 5 heteroatoms. The van der Waals surface area contributed by atoms with Crippen LogP contribution in [0, 0.1) is 0 Å². The summed E-state index contributed by atoms with van der Waals surface area (Å²) in [6.07, 6.45) is 3.79. The molecule has 28 heavy (non-hydrogen) atoms. The Hall–Kier alpha value is -3.47. The third-order valence-corrected chi connectivity index (χ3v) is 4.51. The van der Waals surface area contributed by atoms with Gasteiger partial charge in [-0.05, 0) is 42.3 Å². The van der Waals surface area contributed by atoms with Crippen LogP contribution >= 0.6 is 0 Å². The Balaban J connectivity index is 1.75. The van der Waals surface area contributed by atoms with Crippen LogP contribution in [0.5, 0.6) is 0 Å². The molecule has 0 aliphatic carbocycles. The predicted octanol–water partition coefficient (Wildman–Crippen LogP) is 3.30. The van der Waals surface area contributed by atoms with Gasteiger partial charge in [-0.15, -0.1) is 0 Å². The number of hydrogen-bond donors (Lipinski definition) is 2. The minimum Gasteiger partial charge on any atom is -0.348 e. The second kappa shape index (κ2) is 9.46. The number of amides is 2. The van der Waals surface area contributed by atoms with E-state index in [1.807, 2.05) is 55.5 Å². The van der Waals surface area contributed by atoms with Crippen LogP contribution in [-0.4, -0.2) is 22.8 Å². The third-order valence-electron chi connectivity index (χ3n) is 4.51. The van der Waals surface area contributed by atoms with E-state index < -0.39 is 6.04 Å². The largest absolute Gasteiger partial charge is 0.348 e. The number of benzene rings is 2. The van der Waals surface area contributed by atoms with Crippen LogP contribution in [0.25, 0.3) is 0 Å². The van der Waals surface area contributed by atoms with Gasteiger partial charge in [0.15, 0.2) is 0 Å². The van der Waals surface area contributed by atoms with Gasteiger partial charge in [-0.2, -0.15) is 0 Å². The monoisotopic (exact) mass is 373 g/mol. The minimum atomic E-state index is -0.681. The first kappa shape index (κ1) is 19.3. The molecule has 2 atom stereocenters. The average Bonchev–Trinajstić information content (AvgIpc) is 2.75. The summed E-state index contributed by atoms with van der Waals surface area (Å²) in [5.41, 5.74) is 2.46. The standard InChI is InChI=1S/C23H23N3O2/c1-17(19-12-14-24-15-13-19)25-23(28)21(16-18-8-4-2-5-9-18)26-22(27)20-10-6-3-7-11-20/h2-15,17,21H,16H2,1H3,(H,25,28)(H,26,27). The predicted molar refractivity (Wildman–Crippen MR) is 109 cm³/mol. The SMILES string of the molecule is CC(NC(=O)C(Cc1ccccc1)NC(=O)c1ccccc1)c1ccncc1. The molecule has 0 aliphatic heterocycles. The second-order valence-electron chi connectivity index (χ2n) is 6.59. The molecule has 0 fully saturated rings. The highest BCUT2D eigenvalue weighted by atomic mass is 16.2. The number of rotatable bonds is 7. The molecule has 0 radical (unpaired) electrons. The van der Waals surface area contributed by atoms with Crippen LogP contribution in [0.3, 0.4) is 0 Å². The molecule has 5 nitrogen and oxygen atoms in total. The summed E-state index contributed by atoms with van der Waals surface area (Å²) >= 11 is 0. The van der Waals surface area contributed by atoms with Gasteiger partial charge >= 0.3 is 0 Å². The first-order chi connectivity index (χ1) is 13.6. The quantitative estimate of drug-likeness (QED) is 0.668. The van der Waals surface area contributed by atoms with Gasteiger partial charge in [0, 0.05) is 24.4 Å². The van der Waals surface area contributed by atoms with Gasteiger partial charge in [-0.25, -0.2) is 0 Å². The lowest BCUT2D eigenvalue weighted by molar-refractivity contribution is -0.123. The normalized spacial score (nSPS) is 12.6. The molecular weight excluding hydrogens is 350 g/mol. The number of pyridine rings is 1. The van der Waals surface area contributed by atoms with E-state index >= 15 is 0 Å². The van der Waals surface area contributed by atoms with Crippen molar-refractivity contribution < 1.29 is 9.59 Å². The summed E-state index contributed by atoms with van der Waals surface area (Å²) in [6, 6.07) is 21.4. The molecule has 2 unspecified atom stereocenters. The van der Waals surface area contributed by atoms with Crippen molar-refractivity contribution in [1.29, 1.82) is 0 Å². The Bertz CT molecular complexity index is 899. The lowest BCUT2D eigenvalue weighted by Gasteiger charge is -2.22. The van der Waals surface area contributed by atoms with E-state index in [-0.39, 0.29) is 17.9 Å². The molecule has 1 heterocycles. The molecule has 2 N–H and O–H groups in total. The van der Waals surface area contributed by atoms with Gasteiger partial charge in [0.2, 0.25) is 5.91 Å². The van der Waals surface area contributed by atoms with Crippen LogP contribution in [-0.2, 0) is 11.2 Å². The van der Waals surface area contributed by atoms with Gasteiger partial charge in [-0.3, -0.25) is 14.6 Å². The molecule has 2 amide bonds. The second-order valence-corrected chi connectivity index (χ2v) is 6.59. The summed E-state index contributed by atoms with van der Waals surface area (Å²) in [5.74, 6) is -0.495. The van der Waals surface area contributed by atoms with Crippen LogP contribution < -0.4 is 10.6 Å². The first-order valence-electron chi connectivity index (χ1n) is 9.23. The van der Waals surface area contributed by atoms with E-state index in [1.165, 1.54) is 0 Å². The maximum Gasteiger partial charge on any atom is 0.251 e. The van der Waals surface area contributed by atoms with Gasteiger partial charge in [0.05, 0.1) is 6.04 Å². The van der Waals surface area contributed by atoms with Gasteiger partial charge in [0.25, 0.3) is 5.91 Å². The highest BCUT2D eigenvalue weighted by Gasteiger charge is 2.23. The smallest absolute Gasteiger partial charge is 0.251 e. The Morgan fingerprint density at radius 3 is 2.11 bits per heavy atom. The lowest BCUT2D eigenvalue weighted by Crippen LogP contribution is -2.48. The van der Waals surface area contributed by atoms with Crippen molar-refractivity contribution in [3.8, 4) is 0 Å². The molecule has 0 saturated heterocycles. The van der Waals surface area contributed by atoms with Gasteiger partial charge in [0.1, 0.15) is 6.04 Å². The van der Waals surface area contributed by atoms with Crippen molar-refractivity contribution in [2.45, 2.75) is 25.4 Å². The van der Waals surface area contributed by atoms with E-state index in [2.05, 4.69) is 15.6 Å². The van der Waals surface area contributed by atoms with E-state index in [9.17, 15) is 9.59 Å². The summed E-state index contributed by atoms with van der Waals surface area (Å²) in [6.45, 7) is 1.91. The zero-order valence-corrected chi connectivity index (χ0v) is 15.7. The van der Waals surface area contributed by atoms with Crippen LogP contribution in [0.4, 0.5) is 0 Å². The molecule has 0 spiro atoms. The van der Waals surface area contributed by atoms with Crippen molar-refractivity contribution in [2.75, 3.05) is 0 Å². The zero-order valence-electron chi connectivity index (χ0n) is 15.7. The fraction of sp³-hybridized carbons (Fsp3) is 0.174. The minimum absolute atomic E-state index is 0.192. The first-order valence-corrected chi connectivity index (χ1v) is 9.23. The molecule has 0 aliphatic rings. The summed E-state index contributed by atoms with van der Waals surface area (Å²) < 4.78 is 0. The highest BCUT2D eigenvalue weighted by molar-refractivity contribution is 5.97. The van der Waals surface area contributed by atoms with Crippen molar-refractivity contribution in [3.63, 3.8) is 0 Å². The average molecular weight is 373 g/mol. The summed E-state index contributed by atoms with van der Waals surface area (Å²) in [7, 11) is 0. The van der Waals surface area contributed by atoms with E-state index in [0.717, 1.165) is 11.1 Å². The molecule has 0 saturated carbocycles. The van der Waals surface area contributed by atoms with E-state index in [1.54, 1.807) is 36.7 Å².